The van der Waals surface area contributed by atoms with Gasteiger partial charge in [-0.1, -0.05) is 11.6 Å². The summed E-state index contributed by atoms with van der Waals surface area (Å²) in [7, 11) is 0. The third-order valence-corrected chi connectivity index (χ3v) is 3.89. The molecule has 1 aromatic carbocycles. The van der Waals surface area contributed by atoms with Gasteiger partial charge in [0.2, 0.25) is 0 Å². The first-order valence-corrected chi connectivity index (χ1v) is 6.65. The van der Waals surface area contributed by atoms with Crippen LogP contribution in [0.4, 0.5) is 0 Å². The number of aromatic nitrogens is 2. The van der Waals surface area contributed by atoms with Gasteiger partial charge >= 0.3 is 0 Å². The van der Waals surface area contributed by atoms with E-state index in [0.717, 1.165) is 46.8 Å². The summed E-state index contributed by atoms with van der Waals surface area (Å²) in [5.74, 6) is 0. The second-order valence-corrected chi connectivity index (χ2v) is 5.27. The van der Waals surface area contributed by atoms with Gasteiger partial charge in [0, 0.05) is 11.1 Å². The van der Waals surface area contributed by atoms with Crippen LogP contribution in [0.15, 0.2) is 18.2 Å². The number of nitrogens with one attached hydrogen (secondary N) is 2. The molecule has 3 rings (SSSR count). The zero-order chi connectivity index (χ0) is 11.8. The lowest BCUT2D eigenvalue weighted by Crippen LogP contribution is -2.29. The molecule has 5 heteroatoms. The molecule has 1 aromatic heterocycles. The Bertz CT molecular complexity index is 595. The van der Waals surface area contributed by atoms with E-state index >= 15 is 0 Å². The van der Waals surface area contributed by atoms with Crippen LogP contribution in [-0.4, -0.2) is 22.6 Å². The van der Waals surface area contributed by atoms with Crippen molar-refractivity contribution in [3.63, 3.8) is 0 Å². The van der Waals surface area contributed by atoms with Crippen LogP contribution in [0, 0.1) is 4.77 Å². The zero-order valence-electron chi connectivity index (χ0n) is 9.37. The number of hydrogen-bond acceptors (Lipinski definition) is 2. The highest BCUT2D eigenvalue weighted by Crippen LogP contribution is 2.26. The van der Waals surface area contributed by atoms with Gasteiger partial charge in [-0.05, 0) is 56.3 Å². The molecule has 0 atom stereocenters. The van der Waals surface area contributed by atoms with Gasteiger partial charge in [0.15, 0.2) is 4.77 Å². The fourth-order valence-corrected chi connectivity index (χ4v) is 3.06. The highest BCUT2D eigenvalue weighted by Gasteiger charge is 2.18. The molecule has 0 amide bonds. The smallest absolute Gasteiger partial charge is 0.178 e. The van der Waals surface area contributed by atoms with Gasteiger partial charge in [-0.3, -0.25) is 0 Å². The van der Waals surface area contributed by atoms with Crippen molar-refractivity contribution >= 4 is 34.9 Å². The van der Waals surface area contributed by atoms with Crippen LogP contribution < -0.4 is 5.32 Å². The second kappa shape index (κ2) is 4.44. The van der Waals surface area contributed by atoms with Crippen LogP contribution in [0.25, 0.3) is 11.0 Å². The molecule has 1 fully saturated rings. The van der Waals surface area contributed by atoms with Crippen molar-refractivity contribution in [2.75, 3.05) is 13.1 Å². The average molecular weight is 268 g/mol. The van der Waals surface area contributed by atoms with Gasteiger partial charge in [0.05, 0.1) is 11.0 Å². The lowest BCUT2D eigenvalue weighted by molar-refractivity contribution is 0.372. The Balaban J connectivity index is 2.14. The molecule has 3 nitrogen and oxygen atoms in total. The first-order chi connectivity index (χ1) is 8.25. The molecule has 0 radical (unpaired) electrons. The van der Waals surface area contributed by atoms with Crippen LogP contribution >= 0.6 is 23.8 Å². The number of piperidine rings is 1. The van der Waals surface area contributed by atoms with Crippen LogP contribution in [0.2, 0.25) is 5.02 Å². The van der Waals surface area contributed by atoms with E-state index in [2.05, 4.69) is 14.9 Å². The summed E-state index contributed by atoms with van der Waals surface area (Å²) in [6, 6.07) is 6.40. The van der Waals surface area contributed by atoms with Gasteiger partial charge in [0.1, 0.15) is 0 Å². The van der Waals surface area contributed by atoms with Gasteiger partial charge in [-0.25, -0.2) is 0 Å². The van der Waals surface area contributed by atoms with Crippen molar-refractivity contribution in [3.05, 3.63) is 28.0 Å². The summed E-state index contributed by atoms with van der Waals surface area (Å²) in [5, 5.41) is 4.12. The fraction of sp³-hybridized carbons (Fsp3) is 0.417. The number of hydrogen-bond donors (Lipinski definition) is 2. The van der Waals surface area contributed by atoms with E-state index in [1.54, 1.807) is 0 Å². The Hall–Kier alpha value is -0.840. The Morgan fingerprint density at radius 1 is 1.29 bits per heavy atom. The van der Waals surface area contributed by atoms with E-state index in [4.69, 9.17) is 23.8 Å². The fourth-order valence-electron chi connectivity index (χ4n) is 2.53. The van der Waals surface area contributed by atoms with Crippen LogP contribution in [0.5, 0.6) is 0 Å². The Kier molecular flexibility index (Phi) is 2.94. The standard InChI is InChI=1S/C12H14ClN3S/c13-8-1-2-11-10(7-8)15-12(17)16(11)9-3-5-14-6-4-9/h1-2,7,9,14H,3-6H2,(H,15,17). The molecule has 1 aliphatic rings. The van der Waals surface area contributed by atoms with Crippen LogP contribution in [-0.2, 0) is 0 Å². The molecule has 0 unspecified atom stereocenters. The average Bonchev–Trinajstić information content (AvgIpc) is 2.65. The molecule has 2 aromatic rings. The van der Waals surface area contributed by atoms with E-state index < -0.39 is 0 Å². The first-order valence-electron chi connectivity index (χ1n) is 5.86. The lowest BCUT2D eigenvalue weighted by Gasteiger charge is -2.24. The molecule has 0 bridgehead atoms. The summed E-state index contributed by atoms with van der Waals surface area (Å²) >= 11 is 11.4. The maximum Gasteiger partial charge on any atom is 0.178 e. The van der Waals surface area contributed by atoms with Crippen molar-refractivity contribution in [1.29, 1.82) is 0 Å². The van der Waals surface area contributed by atoms with Crippen LogP contribution in [0.1, 0.15) is 18.9 Å². The quantitative estimate of drug-likeness (QED) is 0.778. The van der Waals surface area contributed by atoms with Gasteiger partial charge in [-0.2, -0.15) is 0 Å². The van der Waals surface area contributed by atoms with E-state index in [1.165, 1.54) is 0 Å². The summed E-state index contributed by atoms with van der Waals surface area (Å²) in [6.07, 6.45) is 2.26. The molecule has 1 aliphatic heterocycles. The summed E-state index contributed by atoms with van der Waals surface area (Å²) in [6.45, 7) is 2.12. The highest BCUT2D eigenvalue weighted by molar-refractivity contribution is 7.71. The zero-order valence-corrected chi connectivity index (χ0v) is 10.9. The second-order valence-electron chi connectivity index (χ2n) is 4.44. The maximum atomic E-state index is 5.99. The van der Waals surface area contributed by atoms with Crippen molar-refractivity contribution in [1.82, 2.24) is 14.9 Å². The molecule has 90 valence electrons. The highest BCUT2D eigenvalue weighted by atomic mass is 35.5. The summed E-state index contributed by atoms with van der Waals surface area (Å²) < 4.78 is 3.04. The number of fused-ring (bicyclic) bond motifs is 1. The normalized spacial score (nSPS) is 17.7. The molecule has 2 N–H and O–H groups in total. The van der Waals surface area contributed by atoms with Gasteiger partial charge in [-0.15, -0.1) is 0 Å². The first kappa shape index (κ1) is 11.3. The molecule has 0 spiro atoms. The van der Waals surface area contributed by atoms with Gasteiger partial charge < -0.3 is 14.9 Å². The third-order valence-electron chi connectivity index (χ3n) is 3.35. The summed E-state index contributed by atoms with van der Waals surface area (Å²) in [5.41, 5.74) is 2.19. The molecule has 17 heavy (non-hydrogen) atoms. The minimum Gasteiger partial charge on any atom is -0.331 e. The molecule has 0 saturated carbocycles. The molecular formula is C12H14ClN3S. The minimum absolute atomic E-state index is 0.499. The van der Waals surface area contributed by atoms with Crippen molar-refractivity contribution in [2.45, 2.75) is 18.9 Å². The Morgan fingerprint density at radius 2 is 2.06 bits per heavy atom. The van der Waals surface area contributed by atoms with Crippen molar-refractivity contribution < 1.29 is 0 Å². The largest absolute Gasteiger partial charge is 0.331 e. The lowest BCUT2D eigenvalue weighted by atomic mass is 10.1. The van der Waals surface area contributed by atoms with Crippen molar-refractivity contribution in [3.8, 4) is 0 Å². The van der Waals surface area contributed by atoms with E-state index in [9.17, 15) is 0 Å². The maximum absolute atomic E-state index is 5.99. The van der Waals surface area contributed by atoms with Crippen molar-refractivity contribution in [2.24, 2.45) is 0 Å². The number of benzene rings is 1. The minimum atomic E-state index is 0.499. The Morgan fingerprint density at radius 3 is 2.82 bits per heavy atom. The number of halogens is 1. The third kappa shape index (κ3) is 2.01. The molecule has 0 aliphatic carbocycles. The molecule has 2 heterocycles. The number of imidazole rings is 1. The van der Waals surface area contributed by atoms with E-state index in [0.29, 0.717) is 6.04 Å². The molecular weight excluding hydrogens is 254 g/mol. The molecule has 1 saturated heterocycles. The topological polar surface area (TPSA) is 32.8 Å². The van der Waals surface area contributed by atoms with Crippen LogP contribution in [0.3, 0.4) is 0 Å². The predicted molar refractivity (Wildman–Crippen MR) is 73.3 cm³/mol. The number of H-pyrrole nitrogens is 1. The SMILES string of the molecule is S=c1[nH]c2cc(Cl)ccc2n1C1CCNCC1. The van der Waals surface area contributed by atoms with E-state index in [-0.39, 0.29) is 0 Å². The van der Waals surface area contributed by atoms with E-state index in [1.807, 2.05) is 18.2 Å². The number of rotatable bonds is 1. The van der Waals surface area contributed by atoms with Gasteiger partial charge in [0.25, 0.3) is 0 Å². The summed E-state index contributed by atoms with van der Waals surface area (Å²) in [4.78, 5) is 3.24. The number of aromatic amines is 1. The predicted octanol–water partition coefficient (Wildman–Crippen LogP) is 3.28. The number of nitrogens with zero attached hydrogens (tertiary/aromatic N) is 1. The monoisotopic (exact) mass is 267 g/mol. The Labute approximate surface area is 110 Å².